The van der Waals surface area contributed by atoms with Crippen LogP contribution in [0, 0.1) is 5.92 Å². The third-order valence-corrected chi connectivity index (χ3v) is 2.27. The van der Waals surface area contributed by atoms with E-state index in [9.17, 15) is 9.59 Å². The van der Waals surface area contributed by atoms with Crippen LogP contribution >= 0.6 is 0 Å². The lowest BCUT2D eigenvalue weighted by molar-refractivity contribution is -0.119. The van der Waals surface area contributed by atoms with Crippen molar-refractivity contribution in [3.05, 3.63) is 16.0 Å². The molecule has 0 saturated carbocycles. The molecule has 0 radical (unpaired) electrons. The van der Waals surface area contributed by atoms with Gasteiger partial charge in [-0.05, 0) is 6.42 Å². The number of carbonyl (C=O) groups excluding carboxylic acids is 1. The minimum Gasteiger partial charge on any atom is -0.385 e. The van der Waals surface area contributed by atoms with Crippen LogP contribution in [0.3, 0.4) is 0 Å². The number of amides is 1. The molecule has 1 aromatic rings. The van der Waals surface area contributed by atoms with E-state index in [0.29, 0.717) is 12.0 Å². The predicted molar refractivity (Wildman–Crippen MR) is 50.8 cm³/mol. The molecule has 74 valence electrons. The number of nitrogens with one attached hydrogen (secondary N) is 2. The average Bonchev–Trinajstić information content (AvgIpc) is 2.08. The van der Waals surface area contributed by atoms with E-state index in [4.69, 9.17) is 5.73 Å². The first-order chi connectivity index (χ1) is 6.58. The normalized spacial score (nSPS) is 20.1. The number of nitrogens with two attached hydrogens (primary N) is 1. The van der Waals surface area contributed by atoms with Crippen molar-refractivity contribution in [1.82, 2.24) is 9.97 Å². The summed E-state index contributed by atoms with van der Waals surface area (Å²) in [7, 11) is 0. The molecular weight excluding hydrogens is 184 g/mol. The third-order valence-electron chi connectivity index (χ3n) is 2.27. The van der Waals surface area contributed by atoms with Crippen LogP contribution in [0.4, 0.5) is 11.6 Å². The van der Waals surface area contributed by atoms with Crippen LogP contribution in [0.2, 0.25) is 0 Å². The van der Waals surface area contributed by atoms with Gasteiger partial charge in [-0.3, -0.25) is 9.78 Å². The van der Waals surface area contributed by atoms with E-state index in [1.807, 2.05) is 0 Å². The smallest absolute Gasteiger partial charge is 0.348 e. The fourth-order valence-electron chi connectivity index (χ4n) is 1.46. The lowest BCUT2D eigenvalue weighted by atomic mass is 9.97. The largest absolute Gasteiger partial charge is 0.385 e. The Labute approximate surface area is 79.5 Å². The molecule has 0 aliphatic carbocycles. The van der Waals surface area contributed by atoms with Crippen molar-refractivity contribution in [2.45, 2.75) is 13.3 Å². The highest BCUT2D eigenvalue weighted by Crippen LogP contribution is 2.25. The molecular formula is C8H10N4O2. The van der Waals surface area contributed by atoms with E-state index in [0.717, 1.165) is 0 Å². The van der Waals surface area contributed by atoms with E-state index in [1.165, 1.54) is 0 Å². The quantitative estimate of drug-likeness (QED) is 0.517. The van der Waals surface area contributed by atoms with E-state index < -0.39 is 5.69 Å². The number of anilines is 2. The van der Waals surface area contributed by atoms with Crippen molar-refractivity contribution in [3.63, 3.8) is 0 Å². The molecule has 1 unspecified atom stereocenters. The van der Waals surface area contributed by atoms with Gasteiger partial charge in [0.2, 0.25) is 5.91 Å². The van der Waals surface area contributed by atoms with Crippen LogP contribution < -0.4 is 16.7 Å². The first-order valence-corrected chi connectivity index (χ1v) is 4.27. The van der Waals surface area contributed by atoms with Crippen molar-refractivity contribution in [2.24, 2.45) is 5.92 Å². The summed E-state index contributed by atoms with van der Waals surface area (Å²) in [6, 6.07) is 0. The zero-order valence-corrected chi connectivity index (χ0v) is 7.63. The molecule has 6 nitrogen and oxygen atoms in total. The minimum atomic E-state index is -0.545. The van der Waals surface area contributed by atoms with Gasteiger partial charge in [0.15, 0.2) is 0 Å². The molecule has 0 bridgehead atoms. The Kier molecular flexibility index (Phi) is 1.77. The maximum absolute atomic E-state index is 11.3. The SMILES string of the molecule is CC1Cc2c(nc(=O)[nH]c2N)NC1=O. The molecule has 1 aromatic heterocycles. The Balaban J connectivity index is 2.57. The molecule has 0 aromatic carbocycles. The summed E-state index contributed by atoms with van der Waals surface area (Å²) in [5.74, 6) is 0.300. The summed E-state index contributed by atoms with van der Waals surface area (Å²) < 4.78 is 0. The molecule has 1 amide bonds. The maximum Gasteiger partial charge on any atom is 0.348 e. The fraction of sp³-hybridized carbons (Fsp3) is 0.375. The van der Waals surface area contributed by atoms with Crippen LogP contribution in [0.15, 0.2) is 4.79 Å². The Hall–Kier alpha value is -1.85. The highest BCUT2D eigenvalue weighted by molar-refractivity contribution is 5.95. The highest BCUT2D eigenvalue weighted by Gasteiger charge is 2.25. The molecule has 4 N–H and O–H groups in total. The van der Waals surface area contributed by atoms with Gasteiger partial charge < -0.3 is 11.1 Å². The Bertz CT molecular complexity index is 451. The first kappa shape index (κ1) is 8.74. The lowest BCUT2D eigenvalue weighted by Gasteiger charge is -2.21. The van der Waals surface area contributed by atoms with Gasteiger partial charge in [0.25, 0.3) is 0 Å². The van der Waals surface area contributed by atoms with Crippen molar-refractivity contribution in [1.29, 1.82) is 0 Å². The maximum atomic E-state index is 11.3. The minimum absolute atomic E-state index is 0.130. The first-order valence-electron chi connectivity index (χ1n) is 4.27. The van der Waals surface area contributed by atoms with Crippen molar-refractivity contribution in [3.8, 4) is 0 Å². The summed E-state index contributed by atoms with van der Waals surface area (Å²) in [5, 5.41) is 2.54. The summed E-state index contributed by atoms with van der Waals surface area (Å²) in [6.45, 7) is 1.79. The number of nitrogens with zero attached hydrogens (tertiary/aromatic N) is 1. The fourth-order valence-corrected chi connectivity index (χ4v) is 1.46. The Morgan fingerprint density at radius 3 is 2.93 bits per heavy atom. The monoisotopic (exact) mass is 194 g/mol. The van der Waals surface area contributed by atoms with Crippen LogP contribution in [0.1, 0.15) is 12.5 Å². The van der Waals surface area contributed by atoms with Gasteiger partial charge >= 0.3 is 5.69 Å². The van der Waals surface area contributed by atoms with Gasteiger partial charge in [-0.25, -0.2) is 4.79 Å². The number of fused-ring (bicyclic) bond motifs is 1. The van der Waals surface area contributed by atoms with Crippen LogP contribution in [-0.4, -0.2) is 15.9 Å². The van der Waals surface area contributed by atoms with Crippen molar-refractivity contribution in [2.75, 3.05) is 11.1 Å². The second-order valence-corrected chi connectivity index (χ2v) is 3.38. The zero-order valence-electron chi connectivity index (χ0n) is 7.63. The molecule has 2 heterocycles. The van der Waals surface area contributed by atoms with E-state index in [2.05, 4.69) is 15.3 Å². The molecule has 14 heavy (non-hydrogen) atoms. The van der Waals surface area contributed by atoms with Gasteiger partial charge in [0.1, 0.15) is 11.6 Å². The predicted octanol–water partition coefficient (Wildman–Crippen LogP) is -0.517. The molecule has 0 fully saturated rings. The lowest BCUT2D eigenvalue weighted by Crippen LogP contribution is -2.32. The zero-order chi connectivity index (χ0) is 10.3. The molecule has 1 atom stereocenters. The van der Waals surface area contributed by atoms with Crippen LogP contribution in [0.25, 0.3) is 0 Å². The van der Waals surface area contributed by atoms with E-state index in [1.54, 1.807) is 6.92 Å². The summed E-state index contributed by atoms with van der Waals surface area (Å²) >= 11 is 0. The Morgan fingerprint density at radius 1 is 1.50 bits per heavy atom. The van der Waals surface area contributed by atoms with E-state index >= 15 is 0 Å². The van der Waals surface area contributed by atoms with E-state index in [-0.39, 0.29) is 23.5 Å². The standard InChI is InChI=1S/C8H10N4O2/c1-3-2-4-5(9)10-8(14)12-6(4)11-7(3)13/h3H,2H2,1H3,(H4,9,10,11,12,13,14). The van der Waals surface area contributed by atoms with Crippen LogP contribution in [-0.2, 0) is 11.2 Å². The topological polar surface area (TPSA) is 101 Å². The number of nitrogen functional groups attached to an aromatic ring is 1. The summed E-state index contributed by atoms with van der Waals surface area (Å²) in [4.78, 5) is 28.3. The van der Waals surface area contributed by atoms with Crippen molar-refractivity contribution < 1.29 is 4.79 Å². The third kappa shape index (κ3) is 1.24. The second-order valence-electron chi connectivity index (χ2n) is 3.38. The number of rotatable bonds is 0. The molecule has 1 aliphatic rings. The van der Waals surface area contributed by atoms with Gasteiger partial charge in [-0.2, -0.15) is 4.98 Å². The second kappa shape index (κ2) is 2.83. The highest BCUT2D eigenvalue weighted by atomic mass is 16.2. The molecule has 0 saturated heterocycles. The molecule has 0 spiro atoms. The number of H-pyrrole nitrogens is 1. The number of aromatic amines is 1. The number of hydrogen-bond acceptors (Lipinski definition) is 4. The molecule has 6 heteroatoms. The average molecular weight is 194 g/mol. The van der Waals surface area contributed by atoms with Gasteiger partial charge in [-0.1, -0.05) is 6.92 Å². The van der Waals surface area contributed by atoms with Gasteiger partial charge in [-0.15, -0.1) is 0 Å². The number of aromatic nitrogens is 2. The van der Waals surface area contributed by atoms with Gasteiger partial charge in [0.05, 0.1) is 0 Å². The Morgan fingerprint density at radius 2 is 2.21 bits per heavy atom. The van der Waals surface area contributed by atoms with Gasteiger partial charge in [0, 0.05) is 11.5 Å². The summed E-state index contributed by atoms with van der Waals surface area (Å²) in [6.07, 6.45) is 0.511. The molecule has 2 rings (SSSR count). The van der Waals surface area contributed by atoms with Crippen LogP contribution in [0.5, 0.6) is 0 Å². The number of carbonyl (C=O) groups is 1. The molecule has 1 aliphatic heterocycles. The number of hydrogen-bond donors (Lipinski definition) is 3. The van der Waals surface area contributed by atoms with Crippen molar-refractivity contribution >= 4 is 17.5 Å². The summed E-state index contributed by atoms with van der Waals surface area (Å²) in [5.41, 5.74) is 5.76.